The highest BCUT2D eigenvalue weighted by Crippen LogP contribution is 2.24. The fraction of sp³-hybridized carbons (Fsp3) is 0.636. The van der Waals surface area contributed by atoms with Crippen molar-refractivity contribution >= 4 is 17.4 Å². The Labute approximate surface area is 101 Å². The SMILES string of the molecule is CNC1(C)CCN(c2ccc(Cl)nn2)CC1. The number of hydrogen-bond acceptors (Lipinski definition) is 4. The van der Waals surface area contributed by atoms with Crippen LogP contribution in [0.15, 0.2) is 12.1 Å². The van der Waals surface area contributed by atoms with Crippen molar-refractivity contribution in [3.8, 4) is 0 Å². The minimum atomic E-state index is 0.260. The largest absolute Gasteiger partial charge is 0.355 e. The Morgan fingerprint density at radius 3 is 2.50 bits per heavy atom. The minimum absolute atomic E-state index is 0.260. The van der Waals surface area contributed by atoms with E-state index < -0.39 is 0 Å². The second kappa shape index (κ2) is 4.55. The molecule has 4 nitrogen and oxygen atoms in total. The molecule has 1 saturated heterocycles. The number of piperidine rings is 1. The molecule has 1 fully saturated rings. The van der Waals surface area contributed by atoms with Gasteiger partial charge in [0.25, 0.3) is 0 Å². The molecule has 2 rings (SSSR count). The van der Waals surface area contributed by atoms with Crippen LogP contribution in [-0.2, 0) is 0 Å². The fourth-order valence-corrected chi connectivity index (χ4v) is 2.06. The summed E-state index contributed by atoms with van der Waals surface area (Å²) in [6.07, 6.45) is 2.24. The maximum Gasteiger partial charge on any atom is 0.151 e. The van der Waals surface area contributed by atoms with Crippen molar-refractivity contribution in [2.75, 3.05) is 25.0 Å². The van der Waals surface area contributed by atoms with Gasteiger partial charge in [-0.1, -0.05) is 11.6 Å². The van der Waals surface area contributed by atoms with Crippen LogP contribution in [0, 0.1) is 0 Å². The number of hydrogen-bond donors (Lipinski definition) is 1. The highest BCUT2D eigenvalue weighted by molar-refractivity contribution is 6.29. The zero-order chi connectivity index (χ0) is 11.6. The molecule has 2 heterocycles. The first kappa shape index (κ1) is 11.6. The lowest BCUT2D eigenvalue weighted by atomic mass is 9.90. The van der Waals surface area contributed by atoms with Gasteiger partial charge in [0.05, 0.1) is 0 Å². The molecule has 0 saturated carbocycles. The normalized spacial score (nSPS) is 19.8. The van der Waals surface area contributed by atoms with Gasteiger partial charge >= 0.3 is 0 Å². The van der Waals surface area contributed by atoms with Crippen molar-refractivity contribution in [3.05, 3.63) is 17.3 Å². The predicted octanol–water partition coefficient (Wildman–Crippen LogP) is 1.71. The van der Waals surface area contributed by atoms with Crippen LogP contribution in [0.1, 0.15) is 19.8 Å². The van der Waals surface area contributed by atoms with Gasteiger partial charge in [0.15, 0.2) is 11.0 Å². The van der Waals surface area contributed by atoms with Gasteiger partial charge in [0.1, 0.15) is 0 Å². The highest BCUT2D eigenvalue weighted by Gasteiger charge is 2.28. The Morgan fingerprint density at radius 2 is 2.00 bits per heavy atom. The van der Waals surface area contributed by atoms with E-state index >= 15 is 0 Å². The lowest BCUT2D eigenvalue weighted by Crippen LogP contribution is -2.50. The zero-order valence-corrected chi connectivity index (χ0v) is 10.5. The van der Waals surface area contributed by atoms with E-state index in [9.17, 15) is 0 Å². The molecule has 1 aromatic rings. The summed E-state index contributed by atoms with van der Waals surface area (Å²) in [6.45, 7) is 4.28. The van der Waals surface area contributed by atoms with Gasteiger partial charge in [-0.3, -0.25) is 0 Å². The van der Waals surface area contributed by atoms with Gasteiger partial charge < -0.3 is 10.2 Å². The molecule has 0 bridgehead atoms. The molecular weight excluding hydrogens is 224 g/mol. The number of aromatic nitrogens is 2. The molecule has 1 N–H and O–H groups in total. The molecule has 0 unspecified atom stereocenters. The second-order valence-corrected chi connectivity index (χ2v) is 4.90. The third-order valence-electron chi connectivity index (χ3n) is 3.41. The van der Waals surface area contributed by atoms with Gasteiger partial charge in [-0.05, 0) is 38.9 Å². The van der Waals surface area contributed by atoms with Gasteiger partial charge in [-0.25, -0.2) is 0 Å². The zero-order valence-electron chi connectivity index (χ0n) is 9.70. The van der Waals surface area contributed by atoms with Crippen LogP contribution in [0.5, 0.6) is 0 Å². The first-order chi connectivity index (χ1) is 7.63. The topological polar surface area (TPSA) is 41.0 Å². The quantitative estimate of drug-likeness (QED) is 0.855. The van der Waals surface area contributed by atoms with Crippen molar-refractivity contribution in [2.45, 2.75) is 25.3 Å². The third-order valence-corrected chi connectivity index (χ3v) is 3.61. The van der Waals surface area contributed by atoms with Crippen LogP contribution in [0.4, 0.5) is 5.82 Å². The summed E-state index contributed by atoms with van der Waals surface area (Å²) in [5, 5.41) is 11.8. The van der Waals surface area contributed by atoms with Gasteiger partial charge in [0, 0.05) is 18.6 Å². The average molecular weight is 241 g/mol. The van der Waals surface area contributed by atoms with E-state index in [1.807, 2.05) is 13.1 Å². The van der Waals surface area contributed by atoms with E-state index in [4.69, 9.17) is 11.6 Å². The lowest BCUT2D eigenvalue weighted by Gasteiger charge is -2.39. The van der Waals surface area contributed by atoms with Crippen molar-refractivity contribution < 1.29 is 0 Å². The summed E-state index contributed by atoms with van der Waals surface area (Å²) in [5.74, 6) is 0.919. The fourth-order valence-electron chi connectivity index (χ4n) is 1.96. The highest BCUT2D eigenvalue weighted by atomic mass is 35.5. The van der Waals surface area contributed by atoms with Crippen LogP contribution in [-0.4, -0.2) is 35.9 Å². The van der Waals surface area contributed by atoms with Gasteiger partial charge in [-0.15, -0.1) is 10.2 Å². The Balaban J connectivity index is 2.01. The number of nitrogens with zero attached hydrogens (tertiary/aromatic N) is 3. The standard InChI is InChI=1S/C11H17ClN4/c1-11(13-2)5-7-16(8-6-11)10-4-3-9(12)14-15-10/h3-4,13H,5-8H2,1-2H3. The van der Waals surface area contributed by atoms with Crippen LogP contribution >= 0.6 is 11.6 Å². The van der Waals surface area contributed by atoms with Crippen LogP contribution in [0.3, 0.4) is 0 Å². The second-order valence-electron chi connectivity index (χ2n) is 4.51. The van der Waals surface area contributed by atoms with Crippen LogP contribution in [0.2, 0.25) is 5.15 Å². The number of halogens is 1. The molecule has 0 spiro atoms. The van der Waals surface area contributed by atoms with Crippen molar-refractivity contribution in [2.24, 2.45) is 0 Å². The van der Waals surface area contributed by atoms with Crippen molar-refractivity contribution in [1.29, 1.82) is 0 Å². The molecular formula is C11H17ClN4. The van der Waals surface area contributed by atoms with Crippen LogP contribution < -0.4 is 10.2 Å². The van der Waals surface area contributed by atoms with Gasteiger partial charge in [-0.2, -0.15) is 0 Å². The molecule has 1 aliphatic rings. The Morgan fingerprint density at radius 1 is 1.31 bits per heavy atom. The monoisotopic (exact) mass is 240 g/mol. The first-order valence-electron chi connectivity index (χ1n) is 5.56. The van der Waals surface area contributed by atoms with Gasteiger partial charge in [0.2, 0.25) is 0 Å². The number of anilines is 1. The molecule has 0 aromatic carbocycles. The Kier molecular flexibility index (Phi) is 3.30. The molecule has 1 aliphatic heterocycles. The average Bonchev–Trinajstić information content (AvgIpc) is 2.32. The lowest BCUT2D eigenvalue weighted by molar-refractivity contribution is 0.304. The predicted molar refractivity (Wildman–Crippen MR) is 66.0 cm³/mol. The summed E-state index contributed by atoms with van der Waals surface area (Å²) < 4.78 is 0. The Bertz CT molecular complexity index is 344. The summed E-state index contributed by atoms with van der Waals surface area (Å²) in [4.78, 5) is 2.25. The third kappa shape index (κ3) is 2.44. The van der Waals surface area contributed by atoms with E-state index in [0.717, 1.165) is 31.7 Å². The molecule has 88 valence electrons. The summed E-state index contributed by atoms with van der Waals surface area (Å²) in [5.41, 5.74) is 0.260. The molecule has 5 heteroatoms. The summed E-state index contributed by atoms with van der Waals surface area (Å²) >= 11 is 5.72. The van der Waals surface area contributed by atoms with Crippen molar-refractivity contribution in [3.63, 3.8) is 0 Å². The van der Waals surface area contributed by atoms with E-state index in [-0.39, 0.29) is 5.54 Å². The summed E-state index contributed by atoms with van der Waals surface area (Å²) in [7, 11) is 2.03. The molecule has 0 amide bonds. The molecule has 0 aliphatic carbocycles. The Hall–Kier alpha value is -0.870. The summed E-state index contributed by atoms with van der Waals surface area (Å²) in [6, 6.07) is 3.72. The maximum absolute atomic E-state index is 5.72. The molecule has 0 radical (unpaired) electrons. The molecule has 16 heavy (non-hydrogen) atoms. The van der Waals surface area contributed by atoms with E-state index in [1.54, 1.807) is 6.07 Å². The van der Waals surface area contributed by atoms with Crippen LogP contribution in [0.25, 0.3) is 0 Å². The number of nitrogens with one attached hydrogen (secondary N) is 1. The number of rotatable bonds is 2. The van der Waals surface area contributed by atoms with Crippen molar-refractivity contribution in [1.82, 2.24) is 15.5 Å². The van der Waals surface area contributed by atoms with E-state index in [1.165, 1.54) is 0 Å². The molecule has 1 aromatic heterocycles. The minimum Gasteiger partial charge on any atom is -0.355 e. The van der Waals surface area contributed by atoms with E-state index in [0.29, 0.717) is 5.15 Å². The maximum atomic E-state index is 5.72. The smallest absolute Gasteiger partial charge is 0.151 e. The molecule has 0 atom stereocenters. The first-order valence-corrected chi connectivity index (χ1v) is 5.94. The van der Waals surface area contributed by atoms with E-state index in [2.05, 4.69) is 27.3 Å².